The van der Waals surface area contributed by atoms with Gasteiger partial charge in [-0.15, -0.1) is 0 Å². The Morgan fingerprint density at radius 2 is 1.79 bits per heavy atom. The average Bonchev–Trinajstić information content (AvgIpc) is 2.70. The van der Waals surface area contributed by atoms with Crippen molar-refractivity contribution in [1.82, 2.24) is 4.98 Å². The van der Waals surface area contributed by atoms with Crippen LogP contribution in [-0.4, -0.2) is 30.9 Å². The Kier molecular flexibility index (Phi) is 6.48. The summed E-state index contributed by atoms with van der Waals surface area (Å²) in [6.45, 7) is 10.9. The van der Waals surface area contributed by atoms with E-state index in [1.165, 1.54) is 5.69 Å². The summed E-state index contributed by atoms with van der Waals surface area (Å²) >= 11 is 0. The molecular weight excluding hydrogens is 348 g/mol. The van der Waals surface area contributed by atoms with Gasteiger partial charge in [0, 0.05) is 35.9 Å². The molecule has 5 heteroatoms. The monoisotopic (exact) mass is 376 g/mol. The number of nitrogens with one attached hydrogen (secondary N) is 1. The predicted octanol–water partition coefficient (Wildman–Crippen LogP) is 5.23. The van der Waals surface area contributed by atoms with Crippen molar-refractivity contribution in [3.63, 3.8) is 0 Å². The van der Waals surface area contributed by atoms with Crippen LogP contribution in [0.2, 0.25) is 0 Å². The Hall–Kier alpha value is -3.08. The van der Waals surface area contributed by atoms with E-state index in [2.05, 4.69) is 58.5 Å². The van der Waals surface area contributed by atoms with Crippen LogP contribution in [0.4, 0.5) is 11.4 Å². The number of fused-ring (bicyclic) bond motifs is 1. The van der Waals surface area contributed by atoms with Gasteiger partial charge in [0.2, 0.25) is 0 Å². The van der Waals surface area contributed by atoms with Crippen LogP contribution in [0.3, 0.4) is 0 Å². The molecular formula is C23H28N4O. The lowest BCUT2D eigenvalue weighted by Crippen LogP contribution is -2.21. The smallest absolute Gasteiger partial charge is 0.121 e. The first-order chi connectivity index (χ1) is 13.6. The number of aryl methyl sites for hydroxylation is 1. The van der Waals surface area contributed by atoms with Gasteiger partial charge >= 0.3 is 0 Å². The van der Waals surface area contributed by atoms with E-state index >= 15 is 0 Å². The fraction of sp³-hybridized carbons (Fsp3) is 0.304. The molecule has 0 unspecified atom stereocenters. The van der Waals surface area contributed by atoms with Gasteiger partial charge in [0.25, 0.3) is 0 Å². The van der Waals surface area contributed by atoms with Gasteiger partial charge in [-0.2, -0.15) is 5.10 Å². The molecule has 0 aliphatic heterocycles. The first-order valence-electron chi connectivity index (χ1n) is 9.82. The molecule has 0 amide bonds. The topological polar surface area (TPSA) is 49.8 Å². The Bertz CT molecular complexity index is 947. The molecule has 1 heterocycles. The Morgan fingerprint density at radius 3 is 2.46 bits per heavy atom. The summed E-state index contributed by atoms with van der Waals surface area (Å²) in [6.07, 6.45) is 1.84. The number of ether oxygens (including phenoxy) is 1. The van der Waals surface area contributed by atoms with Gasteiger partial charge in [-0.1, -0.05) is 12.1 Å². The summed E-state index contributed by atoms with van der Waals surface area (Å²) in [7, 11) is 0. The zero-order valence-electron chi connectivity index (χ0n) is 17.1. The summed E-state index contributed by atoms with van der Waals surface area (Å²) in [4.78, 5) is 6.93. The maximum Gasteiger partial charge on any atom is 0.121 e. The highest BCUT2D eigenvalue weighted by atomic mass is 16.5. The number of anilines is 2. The highest BCUT2D eigenvalue weighted by molar-refractivity contribution is 5.92. The van der Waals surface area contributed by atoms with Crippen LogP contribution in [0.5, 0.6) is 5.75 Å². The lowest BCUT2D eigenvalue weighted by atomic mass is 10.1. The number of hydrogen-bond acceptors (Lipinski definition) is 5. The molecule has 1 N–H and O–H groups in total. The zero-order chi connectivity index (χ0) is 19.9. The summed E-state index contributed by atoms with van der Waals surface area (Å²) in [5.41, 5.74) is 8.21. The van der Waals surface area contributed by atoms with Crippen LogP contribution in [-0.2, 0) is 0 Å². The van der Waals surface area contributed by atoms with Crippen LogP contribution < -0.4 is 15.1 Å². The fourth-order valence-electron chi connectivity index (χ4n) is 3.23. The van der Waals surface area contributed by atoms with E-state index in [1.54, 1.807) is 0 Å². The average molecular weight is 377 g/mol. The normalized spacial score (nSPS) is 11.1. The third-order valence-electron chi connectivity index (χ3n) is 4.64. The van der Waals surface area contributed by atoms with E-state index in [1.807, 2.05) is 44.3 Å². The predicted molar refractivity (Wildman–Crippen MR) is 119 cm³/mol. The molecule has 0 atom stereocenters. The Balaban J connectivity index is 1.77. The van der Waals surface area contributed by atoms with Gasteiger partial charge in [-0.25, -0.2) is 0 Å². The first-order valence-corrected chi connectivity index (χ1v) is 9.82. The molecule has 0 aliphatic carbocycles. The van der Waals surface area contributed by atoms with E-state index in [0.29, 0.717) is 6.61 Å². The number of benzene rings is 2. The lowest BCUT2D eigenvalue weighted by molar-refractivity contribution is 0.340. The molecule has 0 bridgehead atoms. The summed E-state index contributed by atoms with van der Waals surface area (Å²) in [6, 6.07) is 16.4. The summed E-state index contributed by atoms with van der Waals surface area (Å²) in [5.74, 6) is 0.829. The first kappa shape index (κ1) is 19.7. The molecule has 3 aromatic rings. The third kappa shape index (κ3) is 4.60. The Labute approximate surface area is 167 Å². The van der Waals surface area contributed by atoms with Crippen molar-refractivity contribution < 1.29 is 4.74 Å². The van der Waals surface area contributed by atoms with E-state index in [4.69, 9.17) is 4.74 Å². The van der Waals surface area contributed by atoms with E-state index in [-0.39, 0.29) is 0 Å². The molecule has 0 saturated carbocycles. The van der Waals surface area contributed by atoms with Crippen molar-refractivity contribution in [2.45, 2.75) is 27.7 Å². The van der Waals surface area contributed by atoms with Gasteiger partial charge in [-0.3, -0.25) is 10.4 Å². The van der Waals surface area contributed by atoms with E-state index < -0.39 is 0 Å². The second-order valence-corrected chi connectivity index (χ2v) is 6.56. The lowest BCUT2D eigenvalue weighted by Gasteiger charge is -2.20. The maximum absolute atomic E-state index is 5.58. The molecule has 146 valence electrons. The summed E-state index contributed by atoms with van der Waals surface area (Å²) < 4.78 is 5.58. The van der Waals surface area contributed by atoms with Gasteiger partial charge in [0.1, 0.15) is 5.75 Å². The highest BCUT2D eigenvalue weighted by Gasteiger charge is 2.05. The number of nitrogens with zero attached hydrogens (tertiary/aromatic N) is 3. The molecule has 0 fully saturated rings. The van der Waals surface area contributed by atoms with Crippen LogP contribution >= 0.6 is 0 Å². The van der Waals surface area contributed by atoms with Crippen molar-refractivity contribution in [3.05, 3.63) is 59.8 Å². The largest absolute Gasteiger partial charge is 0.494 e. The van der Waals surface area contributed by atoms with Crippen LogP contribution in [0.25, 0.3) is 10.9 Å². The van der Waals surface area contributed by atoms with Gasteiger partial charge < -0.3 is 9.64 Å². The third-order valence-corrected chi connectivity index (χ3v) is 4.64. The molecule has 28 heavy (non-hydrogen) atoms. The number of hydrogen-bond donors (Lipinski definition) is 1. The van der Waals surface area contributed by atoms with Gasteiger partial charge in [-0.05, 0) is 63.6 Å². The van der Waals surface area contributed by atoms with Crippen molar-refractivity contribution in [3.8, 4) is 5.75 Å². The SMILES string of the molecule is CCOc1ccc2c(N/N=C/c3ccc(N(CC)CC)cc3)cc(C)nc2c1. The maximum atomic E-state index is 5.58. The standard InChI is InChI=1S/C23H28N4O/c1-5-27(6-2)19-10-8-18(9-11-19)16-24-26-23-14-17(4)25-22-15-20(28-7-3)12-13-21(22)23/h8-16H,5-7H2,1-4H3,(H,25,26)/b24-16+. The van der Waals surface area contributed by atoms with Gasteiger partial charge in [0.05, 0.1) is 24.0 Å². The molecule has 3 rings (SSSR count). The molecule has 0 saturated heterocycles. The van der Waals surface area contributed by atoms with Crippen molar-refractivity contribution >= 4 is 28.5 Å². The van der Waals surface area contributed by atoms with Gasteiger partial charge in [0.15, 0.2) is 0 Å². The molecule has 2 aromatic carbocycles. The second kappa shape index (κ2) is 9.22. The molecule has 0 radical (unpaired) electrons. The minimum atomic E-state index is 0.639. The molecule has 0 aliphatic rings. The van der Waals surface area contributed by atoms with Crippen molar-refractivity contribution in [2.75, 3.05) is 30.0 Å². The van der Waals surface area contributed by atoms with Crippen molar-refractivity contribution in [2.24, 2.45) is 5.10 Å². The summed E-state index contributed by atoms with van der Waals surface area (Å²) in [5, 5.41) is 5.45. The van der Waals surface area contributed by atoms with Crippen LogP contribution in [0, 0.1) is 6.92 Å². The number of hydrazone groups is 1. The molecule has 5 nitrogen and oxygen atoms in total. The van der Waals surface area contributed by atoms with E-state index in [0.717, 1.165) is 46.7 Å². The van der Waals surface area contributed by atoms with E-state index in [9.17, 15) is 0 Å². The number of aromatic nitrogens is 1. The quantitative estimate of drug-likeness (QED) is 0.432. The second-order valence-electron chi connectivity index (χ2n) is 6.56. The molecule has 1 aromatic heterocycles. The Morgan fingerprint density at radius 1 is 1.04 bits per heavy atom. The number of pyridine rings is 1. The van der Waals surface area contributed by atoms with Crippen molar-refractivity contribution in [1.29, 1.82) is 0 Å². The minimum absolute atomic E-state index is 0.639. The van der Waals surface area contributed by atoms with Crippen LogP contribution in [0.15, 0.2) is 53.6 Å². The minimum Gasteiger partial charge on any atom is -0.494 e. The zero-order valence-corrected chi connectivity index (χ0v) is 17.1. The highest BCUT2D eigenvalue weighted by Crippen LogP contribution is 2.27. The van der Waals surface area contributed by atoms with Crippen LogP contribution in [0.1, 0.15) is 32.0 Å². The number of rotatable bonds is 8. The fourth-order valence-corrected chi connectivity index (χ4v) is 3.23. The molecule has 0 spiro atoms.